The molecule has 6 nitrogen and oxygen atoms in total. The predicted octanol–water partition coefficient (Wildman–Crippen LogP) is 5.69. The largest absolute Gasteiger partial charge is 0.336 e. The van der Waals surface area contributed by atoms with Crippen LogP contribution in [0.1, 0.15) is 26.7 Å². The number of imidazole rings is 1. The maximum atomic E-state index is 13.8. The number of pyridine rings is 1. The maximum absolute atomic E-state index is 13.8. The first-order valence-corrected chi connectivity index (χ1v) is 13.0. The van der Waals surface area contributed by atoms with Crippen LogP contribution in [-0.2, 0) is 0 Å². The predicted molar refractivity (Wildman–Crippen MR) is 160 cm³/mol. The fourth-order valence-electron chi connectivity index (χ4n) is 4.37. The van der Waals surface area contributed by atoms with E-state index in [4.69, 9.17) is 4.98 Å². The second kappa shape index (κ2) is 12.5. The highest BCUT2D eigenvalue weighted by atomic mass is 19.1. The van der Waals surface area contributed by atoms with Gasteiger partial charge in [-0.15, -0.1) is 0 Å². The van der Waals surface area contributed by atoms with Gasteiger partial charge in [-0.2, -0.15) is 5.10 Å². The molecule has 0 fully saturated rings. The summed E-state index contributed by atoms with van der Waals surface area (Å²) in [7, 11) is 4.18. The Morgan fingerprint density at radius 2 is 2.00 bits per heavy atom. The van der Waals surface area contributed by atoms with Crippen molar-refractivity contribution >= 4 is 23.7 Å². The van der Waals surface area contributed by atoms with Gasteiger partial charge in [0.1, 0.15) is 17.0 Å². The van der Waals surface area contributed by atoms with E-state index in [0.717, 1.165) is 46.6 Å². The molecule has 39 heavy (non-hydrogen) atoms. The fourth-order valence-corrected chi connectivity index (χ4v) is 4.37. The van der Waals surface area contributed by atoms with Crippen molar-refractivity contribution in [2.24, 2.45) is 0 Å². The van der Waals surface area contributed by atoms with Gasteiger partial charge in [0.25, 0.3) is 0 Å². The molecule has 0 bridgehead atoms. The number of aromatic amines is 2. The number of fused-ring (bicyclic) bond motifs is 1. The molecule has 200 valence electrons. The van der Waals surface area contributed by atoms with Gasteiger partial charge in [-0.3, -0.25) is 10.1 Å². The van der Waals surface area contributed by atoms with E-state index in [9.17, 15) is 4.39 Å². The number of nitrogens with zero attached hydrogens (tertiary/aromatic N) is 4. The monoisotopic (exact) mass is 522 g/mol. The molecule has 0 spiro atoms. The summed E-state index contributed by atoms with van der Waals surface area (Å²) in [6.45, 7) is 13.4. The van der Waals surface area contributed by atoms with Crippen molar-refractivity contribution in [1.29, 1.82) is 0 Å². The number of benzene rings is 1. The van der Waals surface area contributed by atoms with E-state index < -0.39 is 0 Å². The molecule has 0 amide bonds. The lowest BCUT2D eigenvalue weighted by atomic mass is 10.0. The summed E-state index contributed by atoms with van der Waals surface area (Å²) in [6.07, 6.45) is 14.0. The second-order valence-corrected chi connectivity index (χ2v) is 9.71. The van der Waals surface area contributed by atoms with Crippen molar-refractivity contribution in [3.63, 3.8) is 0 Å². The van der Waals surface area contributed by atoms with E-state index >= 15 is 0 Å². The molecule has 0 atom stereocenters. The molecule has 1 aromatic carbocycles. The minimum absolute atomic E-state index is 0.320. The zero-order chi connectivity index (χ0) is 27.9. The molecule has 0 saturated heterocycles. The van der Waals surface area contributed by atoms with Gasteiger partial charge in [0.2, 0.25) is 0 Å². The third kappa shape index (κ3) is 6.56. The number of halogens is 1. The Balaban J connectivity index is 1.62. The summed E-state index contributed by atoms with van der Waals surface area (Å²) in [6, 6.07) is 8.18. The number of H-pyrrole nitrogens is 2. The van der Waals surface area contributed by atoms with Gasteiger partial charge in [-0.05, 0) is 88.3 Å². The summed E-state index contributed by atoms with van der Waals surface area (Å²) in [4.78, 5) is 14.7. The van der Waals surface area contributed by atoms with Gasteiger partial charge in [0, 0.05) is 17.0 Å². The molecule has 4 aromatic rings. The first kappa shape index (κ1) is 27.7. The van der Waals surface area contributed by atoms with Crippen molar-refractivity contribution in [1.82, 2.24) is 30.0 Å². The van der Waals surface area contributed by atoms with Crippen molar-refractivity contribution in [3.05, 3.63) is 101 Å². The van der Waals surface area contributed by atoms with Crippen molar-refractivity contribution in [2.45, 2.75) is 26.7 Å². The first-order valence-electron chi connectivity index (χ1n) is 13.0. The molecule has 2 N–H and O–H groups in total. The Morgan fingerprint density at radius 1 is 1.18 bits per heavy atom. The standard InChI is InChI=1S/C32H35FN6/c1-7-23(11-10-18-39(5)6)19-24(8-2)21(3)14-15-27-22(4)29(38-37-27)32-35-28-16-17-34-30(31(28)36-32)25-12-9-13-26(33)20-25/h7-9,12-17,19-20,37H,1,4,10-11,18H2,2-3,5-6H3,(H,35,36)/b21-14+,23-19+,24-8+,27-15+. The van der Waals surface area contributed by atoms with Crippen LogP contribution in [0.2, 0.25) is 0 Å². The van der Waals surface area contributed by atoms with E-state index in [-0.39, 0.29) is 5.82 Å². The first-order chi connectivity index (χ1) is 18.8. The van der Waals surface area contributed by atoms with Crippen LogP contribution in [0.15, 0.2) is 84.1 Å². The van der Waals surface area contributed by atoms with Gasteiger partial charge in [-0.1, -0.05) is 49.6 Å². The van der Waals surface area contributed by atoms with Gasteiger partial charge in [0.05, 0.1) is 16.6 Å². The van der Waals surface area contributed by atoms with Crippen LogP contribution in [-0.4, -0.2) is 50.7 Å². The van der Waals surface area contributed by atoms with Gasteiger partial charge in [-0.25, -0.2) is 9.37 Å². The van der Waals surface area contributed by atoms with Crippen LogP contribution < -0.4 is 10.6 Å². The number of allylic oxidation sites excluding steroid dienone is 7. The van der Waals surface area contributed by atoms with Gasteiger partial charge >= 0.3 is 0 Å². The Morgan fingerprint density at radius 3 is 2.72 bits per heavy atom. The SMILES string of the molecule is C=C\C(=C/C(=C\C)C(/C)=C/C=c1/[nH]nc(-c2nc3c(-c4cccc(F)c4)nccc3[nH]2)c1=C)CCCN(C)C. The molecular formula is C32H35FN6. The van der Waals surface area contributed by atoms with E-state index in [1.54, 1.807) is 12.3 Å². The number of hydrogen-bond acceptors (Lipinski definition) is 4. The van der Waals surface area contributed by atoms with Crippen molar-refractivity contribution in [2.75, 3.05) is 20.6 Å². The molecule has 0 unspecified atom stereocenters. The van der Waals surface area contributed by atoms with E-state index in [2.05, 4.69) is 77.5 Å². The van der Waals surface area contributed by atoms with Gasteiger partial charge in [0.15, 0.2) is 5.82 Å². The molecule has 3 aromatic heterocycles. The minimum Gasteiger partial charge on any atom is -0.336 e. The Kier molecular flexibility index (Phi) is 8.84. The highest BCUT2D eigenvalue weighted by Gasteiger charge is 2.14. The number of aromatic nitrogens is 5. The quantitative estimate of drug-likeness (QED) is 0.262. The van der Waals surface area contributed by atoms with E-state index in [1.807, 2.05) is 31.2 Å². The van der Waals surface area contributed by atoms with Crippen LogP contribution >= 0.6 is 0 Å². The summed E-state index contributed by atoms with van der Waals surface area (Å²) >= 11 is 0. The second-order valence-electron chi connectivity index (χ2n) is 9.71. The molecule has 0 saturated carbocycles. The van der Waals surface area contributed by atoms with E-state index in [0.29, 0.717) is 28.3 Å². The lowest BCUT2D eigenvalue weighted by molar-refractivity contribution is 0.400. The van der Waals surface area contributed by atoms with Crippen molar-refractivity contribution < 1.29 is 4.39 Å². The summed E-state index contributed by atoms with van der Waals surface area (Å²) < 4.78 is 13.8. The van der Waals surface area contributed by atoms with Gasteiger partial charge < -0.3 is 9.88 Å². The van der Waals surface area contributed by atoms with Crippen molar-refractivity contribution in [3.8, 4) is 22.8 Å². The third-order valence-electron chi connectivity index (χ3n) is 6.56. The number of hydrogen-bond donors (Lipinski definition) is 2. The van der Waals surface area contributed by atoms with E-state index in [1.165, 1.54) is 17.7 Å². The third-order valence-corrected chi connectivity index (χ3v) is 6.56. The summed E-state index contributed by atoms with van der Waals surface area (Å²) in [5, 5.41) is 9.09. The molecule has 7 heteroatoms. The normalized spacial score (nSPS) is 13.6. The maximum Gasteiger partial charge on any atom is 0.159 e. The van der Waals surface area contributed by atoms with Crippen LogP contribution in [0.4, 0.5) is 4.39 Å². The molecule has 3 heterocycles. The van der Waals surface area contributed by atoms with Crippen LogP contribution in [0.5, 0.6) is 0 Å². The Bertz CT molecular complexity index is 1680. The Labute approximate surface area is 228 Å². The topological polar surface area (TPSA) is 73.5 Å². The lowest BCUT2D eigenvalue weighted by Crippen LogP contribution is -2.21. The zero-order valence-corrected chi connectivity index (χ0v) is 23.1. The van der Waals surface area contributed by atoms with Crippen LogP contribution in [0.25, 0.3) is 46.5 Å². The lowest BCUT2D eigenvalue weighted by Gasteiger charge is -2.10. The molecule has 4 rings (SSSR count). The zero-order valence-electron chi connectivity index (χ0n) is 23.1. The Hall–Kier alpha value is -4.36. The molecule has 0 radical (unpaired) electrons. The molecule has 0 aliphatic heterocycles. The van der Waals surface area contributed by atoms with Crippen LogP contribution in [0, 0.1) is 5.82 Å². The summed E-state index contributed by atoms with van der Waals surface area (Å²) in [5.41, 5.74) is 6.81. The average molecular weight is 523 g/mol. The average Bonchev–Trinajstić information content (AvgIpc) is 3.51. The molecule has 0 aliphatic rings. The summed E-state index contributed by atoms with van der Waals surface area (Å²) in [5.74, 6) is 0.252. The number of nitrogens with one attached hydrogen (secondary N) is 2. The molecule has 0 aliphatic carbocycles. The highest BCUT2D eigenvalue weighted by molar-refractivity contribution is 5.91. The van der Waals surface area contributed by atoms with Crippen LogP contribution in [0.3, 0.4) is 0 Å². The molecular weight excluding hydrogens is 487 g/mol. The minimum atomic E-state index is -0.320. The number of rotatable bonds is 10. The smallest absolute Gasteiger partial charge is 0.159 e. The highest BCUT2D eigenvalue weighted by Crippen LogP contribution is 2.27. The fraction of sp³-hybridized carbons (Fsp3) is 0.219.